The second kappa shape index (κ2) is 6.15. The van der Waals surface area contributed by atoms with E-state index in [9.17, 15) is 10.1 Å². The van der Waals surface area contributed by atoms with Gasteiger partial charge in [0.2, 0.25) is 5.95 Å². The first-order valence-electron chi connectivity index (χ1n) is 6.68. The average Bonchev–Trinajstić information content (AvgIpc) is 3.01. The Labute approximate surface area is 126 Å². The summed E-state index contributed by atoms with van der Waals surface area (Å²) in [5.74, 6) is 0.566. The van der Waals surface area contributed by atoms with Crippen molar-refractivity contribution in [2.75, 3.05) is 31.1 Å². The van der Waals surface area contributed by atoms with E-state index < -0.39 is 4.92 Å². The van der Waals surface area contributed by atoms with Crippen molar-refractivity contribution in [2.24, 2.45) is 0 Å². The standard InChI is InChI=1S/C13H15N5O2S/c19-18(20)11-8-14-13(15-9-11)17-5-3-16(4-6-17)10-12-2-1-7-21-12/h1-2,7-9H,3-6,10H2. The summed E-state index contributed by atoms with van der Waals surface area (Å²) in [6, 6.07) is 4.22. The van der Waals surface area contributed by atoms with Crippen LogP contribution in [0.4, 0.5) is 11.6 Å². The number of hydrogen-bond donors (Lipinski definition) is 0. The molecule has 21 heavy (non-hydrogen) atoms. The number of hydrogen-bond acceptors (Lipinski definition) is 7. The number of nitrogens with zero attached hydrogens (tertiary/aromatic N) is 5. The summed E-state index contributed by atoms with van der Waals surface area (Å²) in [7, 11) is 0. The number of nitro groups is 1. The van der Waals surface area contributed by atoms with Gasteiger partial charge in [-0.3, -0.25) is 15.0 Å². The van der Waals surface area contributed by atoms with E-state index in [4.69, 9.17) is 0 Å². The number of piperazine rings is 1. The number of rotatable bonds is 4. The fourth-order valence-electron chi connectivity index (χ4n) is 2.30. The number of thiophene rings is 1. The molecule has 0 unspecified atom stereocenters. The maximum Gasteiger partial charge on any atom is 0.305 e. The van der Waals surface area contributed by atoms with Crippen molar-refractivity contribution < 1.29 is 4.92 Å². The van der Waals surface area contributed by atoms with E-state index in [-0.39, 0.29) is 5.69 Å². The highest BCUT2D eigenvalue weighted by Gasteiger charge is 2.20. The molecule has 0 aliphatic carbocycles. The summed E-state index contributed by atoms with van der Waals surface area (Å²) in [4.78, 5) is 24.1. The molecule has 0 saturated carbocycles. The third-order valence-corrected chi connectivity index (χ3v) is 4.31. The van der Waals surface area contributed by atoms with E-state index in [1.807, 2.05) is 0 Å². The van der Waals surface area contributed by atoms with E-state index in [2.05, 4.69) is 37.3 Å². The van der Waals surface area contributed by atoms with E-state index in [0.717, 1.165) is 32.7 Å². The zero-order valence-corrected chi connectivity index (χ0v) is 12.2. The summed E-state index contributed by atoms with van der Waals surface area (Å²) in [5.41, 5.74) is -0.0740. The molecular formula is C13H15N5O2S. The van der Waals surface area contributed by atoms with Crippen LogP contribution in [0.15, 0.2) is 29.9 Å². The molecule has 0 radical (unpaired) electrons. The van der Waals surface area contributed by atoms with Crippen LogP contribution in [0.25, 0.3) is 0 Å². The van der Waals surface area contributed by atoms with Crippen LogP contribution in [0.2, 0.25) is 0 Å². The molecule has 7 nitrogen and oxygen atoms in total. The predicted molar refractivity (Wildman–Crippen MR) is 80.5 cm³/mol. The van der Waals surface area contributed by atoms with Gasteiger partial charge in [0.05, 0.1) is 4.92 Å². The van der Waals surface area contributed by atoms with Gasteiger partial charge in [-0.2, -0.15) is 0 Å². The highest BCUT2D eigenvalue weighted by Crippen LogP contribution is 2.16. The fraction of sp³-hybridized carbons (Fsp3) is 0.385. The number of aromatic nitrogens is 2. The summed E-state index contributed by atoms with van der Waals surface area (Å²) in [6.07, 6.45) is 2.53. The molecule has 3 rings (SSSR count). The van der Waals surface area contributed by atoms with Gasteiger partial charge in [-0.05, 0) is 11.4 Å². The topological polar surface area (TPSA) is 75.4 Å². The first-order chi connectivity index (χ1) is 10.2. The molecule has 0 bridgehead atoms. The molecule has 8 heteroatoms. The van der Waals surface area contributed by atoms with Crippen molar-refractivity contribution in [1.82, 2.24) is 14.9 Å². The minimum absolute atomic E-state index is 0.0740. The third-order valence-electron chi connectivity index (χ3n) is 3.45. The van der Waals surface area contributed by atoms with E-state index in [0.29, 0.717) is 5.95 Å². The van der Waals surface area contributed by atoms with Crippen LogP contribution in [-0.2, 0) is 6.54 Å². The lowest BCUT2D eigenvalue weighted by Crippen LogP contribution is -2.46. The van der Waals surface area contributed by atoms with E-state index >= 15 is 0 Å². The molecule has 0 atom stereocenters. The van der Waals surface area contributed by atoms with Gasteiger partial charge in [-0.1, -0.05) is 6.07 Å². The van der Waals surface area contributed by atoms with Crippen LogP contribution < -0.4 is 4.90 Å². The van der Waals surface area contributed by atoms with Gasteiger partial charge in [-0.25, -0.2) is 9.97 Å². The zero-order valence-electron chi connectivity index (χ0n) is 11.4. The molecule has 2 aromatic rings. The van der Waals surface area contributed by atoms with Gasteiger partial charge >= 0.3 is 5.69 Å². The fourth-order valence-corrected chi connectivity index (χ4v) is 3.05. The Balaban J connectivity index is 1.56. The summed E-state index contributed by atoms with van der Waals surface area (Å²) < 4.78 is 0. The second-order valence-electron chi connectivity index (χ2n) is 4.84. The Hall–Kier alpha value is -2.06. The lowest BCUT2D eigenvalue weighted by molar-refractivity contribution is -0.385. The summed E-state index contributed by atoms with van der Waals surface area (Å²) in [6.45, 7) is 4.54. The minimum atomic E-state index is -0.483. The van der Waals surface area contributed by atoms with Crippen molar-refractivity contribution >= 4 is 23.0 Å². The minimum Gasteiger partial charge on any atom is -0.338 e. The molecule has 1 aliphatic heterocycles. The first-order valence-corrected chi connectivity index (χ1v) is 7.56. The van der Waals surface area contributed by atoms with Crippen molar-refractivity contribution in [3.63, 3.8) is 0 Å². The molecular weight excluding hydrogens is 290 g/mol. The Morgan fingerprint density at radius 3 is 2.52 bits per heavy atom. The molecule has 2 aromatic heterocycles. The van der Waals surface area contributed by atoms with Gasteiger partial charge in [0.15, 0.2) is 0 Å². The lowest BCUT2D eigenvalue weighted by atomic mass is 10.3. The SMILES string of the molecule is O=[N+]([O-])c1cnc(N2CCN(Cc3cccs3)CC2)nc1. The quantitative estimate of drug-likeness (QED) is 0.633. The molecule has 3 heterocycles. The van der Waals surface area contributed by atoms with Gasteiger partial charge in [-0.15, -0.1) is 11.3 Å². The molecule has 1 aliphatic rings. The van der Waals surface area contributed by atoms with Crippen molar-refractivity contribution in [3.8, 4) is 0 Å². The maximum absolute atomic E-state index is 10.6. The molecule has 1 saturated heterocycles. The van der Waals surface area contributed by atoms with Crippen molar-refractivity contribution in [3.05, 3.63) is 44.9 Å². The number of anilines is 1. The lowest BCUT2D eigenvalue weighted by Gasteiger charge is -2.34. The normalized spacial score (nSPS) is 16.1. The Morgan fingerprint density at radius 2 is 1.95 bits per heavy atom. The molecule has 110 valence electrons. The second-order valence-corrected chi connectivity index (χ2v) is 5.87. The summed E-state index contributed by atoms with van der Waals surface area (Å²) in [5, 5.41) is 12.7. The van der Waals surface area contributed by atoms with Crippen LogP contribution in [-0.4, -0.2) is 46.0 Å². The molecule has 0 N–H and O–H groups in total. The van der Waals surface area contributed by atoms with E-state index in [1.165, 1.54) is 17.3 Å². The van der Waals surface area contributed by atoms with Gasteiger partial charge < -0.3 is 4.90 Å². The van der Waals surface area contributed by atoms with Crippen molar-refractivity contribution in [1.29, 1.82) is 0 Å². The Morgan fingerprint density at radius 1 is 1.24 bits per heavy atom. The monoisotopic (exact) mass is 305 g/mol. The van der Waals surface area contributed by atoms with Gasteiger partial charge in [0, 0.05) is 37.6 Å². The molecule has 0 aromatic carbocycles. The van der Waals surface area contributed by atoms with Gasteiger partial charge in [0.1, 0.15) is 12.4 Å². The van der Waals surface area contributed by atoms with Gasteiger partial charge in [0.25, 0.3) is 0 Å². The van der Waals surface area contributed by atoms with Crippen molar-refractivity contribution in [2.45, 2.75) is 6.54 Å². The Kier molecular flexibility index (Phi) is 4.07. The highest BCUT2D eigenvalue weighted by atomic mass is 32.1. The van der Waals surface area contributed by atoms with Crippen LogP contribution in [0.3, 0.4) is 0 Å². The van der Waals surface area contributed by atoms with E-state index in [1.54, 1.807) is 11.3 Å². The third kappa shape index (κ3) is 3.34. The molecule has 0 amide bonds. The van der Waals surface area contributed by atoms with Crippen LogP contribution >= 0.6 is 11.3 Å². The summed E-state index contributed by atoms with van der Waals surface area (Å²) >= 11 is 1.77. The highest BCUT2D eigenvalue weighted by molar-refractivity contribution is 7.09. The molecule has 1 fully saturated rings. The largest absolute Gasteiger partial charge is 0.338 e. The van der Waals surface area contributed by atoms with Crippen LogP contribution in [0.5, 0.6) is 0 Å². The Bertz CT molecular complexity index is 594. The first kappa shape index (κ1) is 13.9. The van der Waals surface area contributed by atoms with Crippen LogP contribution in [0.1, 0.15) is 4.88 Å². The molecule has 0 spiro atoms. The average molecular weight is 305 g/mol. The van der Waals surface area contributed by atoms with Crippen LogP contribution in [0, 0.1) is 10.1 Å². The predicted octanol–water partition coefficient (Wildman–Crippen LogP) is 1.77. The zero-order chi connectivity index (χ0) is 14.7. The maximum atomic E-state index is 10.6. The smallest absolute Gasteiger partial charge is 0.305 e.